The number of esters is 1. The molecule has 0 atom stereocenters. The summed E-state index contributed by atoms with van der Waals surface area (Å²) >= 11 is 0. The largest absolute Gasteiger partial charge is 0.481 e. The lowest BCUT2D eigenvalue weighted by atomic mass is 10.3. The summed E-state index contributed by atoms with van der Waals surface area (Å²) in [5, 5.41) is 8.27. The molecule has 0 fully saturated rings. The van der Waals surface area contributed by atoms with Crippen LogP contribution in [0.1, 0.15) is 6.42 Å². The third kappa shape index (κ3) is 3.60. The number of rotatable bonds is 4. The van der Waals surface area contributed by atoms with Gasteiger partial charge >= 0.3 is 11.9 Å². The molecule has 0 aliphatic carbocycles. The summed E-state index contributed by atoms with van der Waals surface area (Å²) in [6.45, 7) is 0. The van der Waals surface area contributed by atoms with E-state index in [-0.39, 0.29) is 5.75 Å². The molecule has 15 heavy (non-hydrogen) atoms. The minimum atomic E-state index is -1.36. The Morgan fingerprint density at radius 3 is 2.27 bits per heavy atom. The molecule has 1 rings (SSSR count). The van der Waals surface area contributed by atoms with Crippen LogP contribution in [0.25, 0.3) is 0 Å². The zero-order valence-corrected chi connectivity index (χ0v) is 7.67. The second-order valence-electron chi connectivity index (χ2n) is 2.70. The van der Waals surface area contributed by atoms with Gasteiger partial charge in [0.1, 0.15) is 12.2 Å². The zero-order valence-electron chi connectivity index (χ0n) is 7.67. The number of carboxylic acid groups (broad SMARTS) is 1. The predicted octanol–water partition coefficient (Wildman–Crippen LogP) is 0.636. The Bertz CT molecular complexity index is 382. The first-order valence-electron chi connectivity index (χ1n) is 4.11. The summed E-state index contributed by atoms with van der Waals surface area (Å²) in [4.78, 5) is 32.1. The van der Waals surface area contributed by atoms with Crippen LogP contribution in [-0.2, 0) is 14.4 Å². The van der Waals surface area contributed by atoms with Crippen LogP contribution in [0.15, 0.2) is 30.3 Å². The Morgan fingerprint density at radius 2 is 1.73 bits per heavy atom. The molecule has 0 saturated heterocycles. The van der Waals surface area contributed by atoms with Crippen molar-refractivity contribution in [3.05, 3.63) is 30.3 Å². The molecular weight excluding hydrogens is 200 g/mol. The number of aliphatic carboxylic acids is 1. The summed E-state index contributed by atoms with van der Waals surface area (Å²) in [6, 6.07) is 7.96. The van der Waals surface area contributed by atoms with Crippen LogP contribution in [0.5, 0.6) is 5.75 Å². The van der Waals surface area contributed by atoms with E-state index in [0.29, 0.717) is 0 Å². The van der Waals surface area contributed by atoms with Gasteiger partial charge in [-0.25, -0.2) is 4.79 Å². The van der Waals surface area contributed by atoms with Crippen LogP contribution in [0.2, 0.25) is 0 Å². The van der Waals surface area contributed by atoms with Crippen molar-refractivity contribution >= 4 is 17.7 Å². The molecule has 78 valence electrons. The molecule has 0 aromatic heterocycles. The number of Topliss-reactive ketones (excluding diaryl/α,β-unsaturated/α-hetero) is 1. The van der Waals surface area contributed by atoms with E-state index in [0.717, 1.165) is 0 Å². The molecule has 5 nitrogen and oxygen atoms in total. The summed E-state index contributed by atoms with van der Waals surface area (Å²) < 4.78 is 4.63. The van der Waals surface area contributed by atoms with Gasteiger partial charge in [0, 0.05) is 0 Å². The molecule has 0 amide bonds. The van der Waals surface area contributed by atoms with Crippen molar-refractivity contribution in [1.82, 2.24) is 0 Å². The second kappa shape index (κ2) is 4.90. The van der Waals surface area contributed by atoms with E-state index in [9.17, 15) is 14.4 Å². The number of carbonyl (C=O) groups excluding carboxylic acids is 2. The minimum Gasteiger partial charge on any atom is -0.481 e. The molecule has 0 spiro atoms. The number of hydrogen-bond acceptors (Lipinski definition) is 4. The van der Waals surface area contributed by atoms with Gasteiger partial charge in [0.25, 0.3) is 5.78 Å². The Kier molecular flexibility index (Phi) is 3.56. The maximum absolute atomic E-state index is 11.0. The van der Waals surface area contributed by atoms with E-state index in [4.69, 9.17) is 5.11 Å². The average Bonchev–Trinajstić information content (AvgIpc) is 2.18. The van der Waals surface area contributed by atoms with E-state index in [2.05, 4.69) is 4.74 Å². The maximum atomic E-state index is 11.0. The van der Waals surface area contributed by atoms with Crippen LogP contribution in [0.3, 0.4) is 0 Å². The number of ketones is 1. The molecule has 1 N–H and O–H groups in total. The van der Waals surface area contributed by atoms with Gasteiger partial charge < -0.3 is 9.84 Å². The van der Waals surface area contributed by atoms with Gasteiger partial charge in [-0.3, -0.25) is 9.59 Å². The molecule has 0 aliphatic heterocycles. The molecule has 0 bridgehead atoms. The lowest BCUT2D eigenvalue weighted by Crippen LogP contribution is -2.22. The van der Waals surface area contributed by atoms with Crippen molar-refractivity contribution in [2.24, 2.45) is 0 Å². The fraction of sp³-hybridized carbons (Fsp3) is 0.100. The fourth-order valence-electron chi connectivity index (χ4n) is 0.862. The van der Waals surface area contributed by atoms with Crippen molar-refractivity contribution in [3.8, 4) is 5.75 Å². The summed E-state index contributed by atoms with van der Waals surface area (Å²) in [5.41, 5.74) is 0. The molecule has 0 saturated carbocycles. The molecule has 0 radical (unpaired) electrons. The quantitative estimate of drug-likeness (QED) is 0.340. The van der Waals surface area contributed by atoms with Gasteiger partial charge in [-0.15, -0.1) is 0 Å². The van der Waals surface area contributed by atoms with Crippen molar-refractivity contribution in [2.75, 3.05) is 0 Å². The van der Waals surface area contributed by atoms with Gasteiger partial charge in [-0.05, 0) is 12.1 Å². The Morgan fingerprint density at radius 1 is 1.13 bits per heavy atom. The Balaban J connectivity index is 2.56. The number of hydrogen-bond donors (Lipinski definition) is 1. The molecule has 5 heteroatoms. The van der Waals surface area contributed by atoms with Crippen LogP contribution in [0.4, 0.5) is 0 Å². The van der Waals surface area contributed by atoms with E-state index >= 15 is 0 Å². The van der Waals surface area contributed by atoms with Gasteiger partial charge in [0.05, 0.1) is 0 Å². The third-order valence-electron chi connectivity index (χ3n) is 1.49. The molecule has 0 unspecified atom stereocenters. The molecule has 0 heterocycles. The Labute approximate surface area is 85.3 Å². The highest BCUT2D eigenvalue weighted by atomic mass is 16.5. The monoisotopic (exact) mass is 208 g/mol. The smallest absolute Gasteiger partial charge is 0.380 e. The van der Waals surface area contributed by atoms with Gasteiger partial charge in [0.2, 0.25) is 0 Å². The normalized spacial score (nSPS) is 9.33. The van der Waals surface area contributed by atoms with Crippen molar-refractivity contribution < 1.29 is 24.2 Å². The second-order valence-corrected chi connectivity index (χ2v) is 2.70. The summed E-state index contributed by atoms with van der Waals surface area (Å²) in [6.07, 6.45) is -0.855. The third-order valence-corrected chi connectivity index (χ3v) is 1.49. The van der Waals surface area contributed by atoms with Gasteiger partial charge in [0.15, 0.2) is 0 Å². The minimum absolute atomic E-state index is 0.209. The van der Waals surface area contributed by atoms with Crippen LogP contribution in [0, 0.1) is 0 Å². The van der Waals surface area contributed by atoms with Crippen LogP contribution >= 0.6 is 0 Å². The molecule has 1 aromatic carbocycles. The highest BCUT2D eigenvalue weighted by molar-refractivity contribution is 6.37. The number of para-hydroxylation sites is 1. The molecule has 1 aromatic rings. The van der Waals surface area contributed by atoms with Gasteiger partial charge in [-0.1, -0.05) is 18.2 Å². The molecule has 0 aliphatic rings. The number of benzene rings is 1. The van der Waals surface area contributed by atoms with Gasteiger partial charge in [-0.2, -0.15) is 0 Å². The van der Waals surface area contributed by atoms with E-state index in [1.54, 1.807) is 18.2 Å². The highest BCUT2D eigenvalue weighted by Gasteiger charge is 2.19. The molecular formula is C10H8O5. The lowest BCUT2D eigenvalue weighted by Gasteiger charge is -2.00. The van der Waals surface area contributed by atoms with E-state index in [1.165, 1.54) is 12.1 Å². The van der Waals surface area contributed by atoms with Crippen molar-refractivity contribution in [2.45, 2.75) is 6.42 Å². The topological polar surface area (TPSA) is 80.7 Å². The first kappa shape index (κ1) is 10.9. The summed E-state index contributed by atoms with van der Waals surface area (Å²) in [5.74, 6) is -3.39. The van der Waals surface area contributed by atoms with Crippen molar-refractivity contribution in [1.29, 1.82) is 0 Å². The summed E-state index contributed by atoms with van der Waals surface area (Å²) in [7, 11) is 0. The average molecular weight is 208 g/mol. The maximum Gasteiger partial charge on any atom is 0.380 e. The highest BCUT2D eigenvalue weighted by Crippen LogP contribution is 2.08. The van der Waals surface area contributed by atoms with Crippen LogP contribution in [-0.4, -0.2) is 22.8 Å². The first-order chi connectivity index (χ1) is 7.09. The van der Waals surface area contributed by atoms with E-state index in [1.807, 2.05) is 0 Å². The number of carboxylic acids is 1. The fourth-order valence-corrected chi connectivity index (χ4v) is 0.862. The number of ether oxygens (including phenoxy) is 1. The Hall–Kier alpha value is -2.17. The van der Waals surface area contributed by atoms with Crippen LogP contribution < -0.4 is 4.74 Å². The van der Waals surface area contributed by atoms with Crippen molar-refractivity contribution in [3.63, 3.8) is 0 Å². The standard InChI is InChI=1S/C10H8O5/c11-8(6-9(12)13)10(14)15-7-4-2-1-3-5-7/h1-5H,6H2,(H,12,13). The SMILES string of the molecule is O=C(O)CC(=O)C(=O)Oc1ccccc1. The number of carbonyl (C=O) groups is 3. The predicted molar refractivity (Wildman–Crippen MR) is 49.3 cm³/mol. The zero-order chi connectivity index (χ0) is 11.3. The first-order valence-corrected chi connectivity index (χ1v) is 4.11. The lowest BCUT2D eigenvalue weighted by molar-refractivity contribution is -0.151. The van der Waals surface area contributed by atoms with E-state index < -0.39 is 24.1 Å².